The van der Waals surface area contributed by atoms with Crippen LogP contribution in [0.1, 0.15) is 34.3 Å². The summed E-state index contributed by atoms with van der Waals surface area (Å²) in [6, 6.07) is 13.1. The molecule has 0 radical (unpaired) electrons. The molecule has 1 saturated heterocycles. The molecule has 1 N–H and O–H groups in total. The number of hydrogen-bond donors (Lipinski definition) is 1. The smallest absolute Gasteiger partial charge is 0.254 e. The lowest BCUT2D eigenvalue weighted by atomic mass is 10.1. The second-order valence-corrected chi connectivity index (χ2v) is 7.54. The maximum absolute atomic E-state index is 13.3. The largest absolute Gasteiger partial charge is 0.376 e. The third kappa shape index (κ3) is 4.38. The van der Waals surface area contributed by atoms with E-state index < -0.39 is 5.82 Å². The number of aromatic amines is 1. The lowest BCUT2D eigenvalue weighted by Gasteiger charge is -2.25. The number of benzene rings is 2. The van der Waals surface area contributed by atoms with E-state index in [1.807, 2.05) is 31.2 Å². The Morgan fingerprint density at radius 2 is 2.00 bits per heavy atom. The standard InChI is InChI=1S/C23H23FN2O3/c1-15-4-9-21-17(11-15)12-18(22(27)25-21)13-26(14-20-3-2-10-29-20)23(28)16-5-7-19(24)8-6-16/h4-9,11-12,20H,2-3,10,13-14H2,1H3,(H,25,27)/t20-/m1/s1. The summed E-state index contributed by atoms with van der Waals surface area (Å²) in [5, 5.41) is 0.922. The number of ether oxygens (including phenoxy) is 1. The Labute approximate surface area is 168 Å². The van der Waals surface area contributed by atoms with Crippen molar-refractivity contribution >= 4 is 16.8 Å². The monoisotopic (exact) mass is 394 g/mol. The molecule has 1 atom stereocenters. The molecule has 1 aromatic heterocycles. The van der Waals surface area contributed by atoms with Crippen LogP contribution in [0.25, 0.3) is 10.9 Å². The van der Waals surface area contributed by atoms with Crippen LogP contribution in [0.2, 0.25) is 0 Å². The number of aromatic nitrogens is 1. The number of hydrogen-bond acceptors (Lipinski definition) is 3. The molecule has 29 heavy (non-hydrogen) atoms. The van der Waals surface area contributed by atoms with E-state index in [1.54, 1.807) is 4.90 Å². The molecule has 2 heterocycles. The van der Waals surface area contributed by atoms with Crippen LogP contribution >= 0.6 is 0 Å². The molecular formula is C23H23FN2O3. The van der Waals surface area contributed by atoms with E-state index in [-0.39, 0.29) is 24.1 Å². The molecule has 3 aromatic rings. The molecule has 0 spiro atoms. The fourth-order valence-corrected chi connectivity index (χ4v) is 3.72. The summed E-state index contributed by atoms with van der Waals surface area (Å²) in [7, 11) is 0. The summed E-state index contributed by atoms with van der Waals surface area (Å²) in [5.41, 5.74) is 2.54. The summed E-state index contributed by atoms with van der Waals surface area (Å²) < 4.78 is 19.0. The number of halogens is 1. The fraction of sp³-hybridized carbons (Fsp3) is 0.304. The molecule has 1 aliphatic heterocycles. The van der Waals surface area contributed by atoms with Crippen molar-refractivity contribution in [1.82, 2.24) is 9.88 Å². The SMILES string of the molecule is Cc1ccc2[nH]c(=O)c(CN(C[C@H]3CCCO3)C(=O)c3ccc(F)cc3)cc2c1. The van der Waals surface area contributed by atoms with Crippen molar-refractivity contribution in [3.05, 3.63) is 81.4 Å². The van der Waals surface area contributed by atoms with Crippen LogP contribution in [0.15, 0.2) is 53.3 Å². The number of rotatable bonds is 5. The first-order valence-corrected chi connectivity index (χ1v) is 9.78. The highest BCUT2D eigenvalue weighted by Gasteiger charge is 2.24. The van der Waals surface area contributed by atoms with Crippen molar-refractivity contribution in [2.24, 2.45) is 0 Å². The van der Waals surface area contributed by atoms with Gasteiger partial charge in [0.25, 0.3) is 11.5 Å². The van der Waals surface area contributed by atoms with Gasteiger partial charge in [-0.2, -0.15) is 0 Å². The summed E-state index contributed by atoms with van der Waals surface area (Å²) in [6.45, 7) is 3.22. The lowest BCUT2D eigenvalue weighted by molar-refractivity contribution is 0.0506. The molecule has 0 saturated carbocycles. The molecule has 1 fully saturated rings. The number of aryl methyl sites for hydroxylation is 1. The van der Waals surface area contributed by atoms with Gasteiger partial charge in [0, 0.05) is 29.8 Å². The van der Waals surface area contributed by atoms with Gasteiger partial charge in [-0.3, -0.25) is 9.59 Å². The Balaban J connectivity index is 1.66. The van der Waals surface area contributed by atoms with Crippen molar-refractivity contribution in [3.63, 3.8) is 0 Å². The van der Waals surface area contributed by atoms with Crippen molar-refractivity contribution in [2.75, 3.05) is 13.2 Å². The predicted octanol–water partition coefficient (Wildman–Crippen LogP) is 3.80. The summed E-state index contributed by atoms with van der Waals surface area (Å²) in [5.74, 6) is -0.641. The highest BCUT2D eigenvalue weighted by atomic mass is 19.1. The molecule has 0 unspecified atom stereocenters. The van der Waals surface area contributed by atoms with Gasteiger partial charge in [-0.05, 0) is 67.6 Å². The molecular weight excluding hydrogens is 371 g/mol. The van der Waals surface area contributed by atoms with Gasteiger partial charge >= 0.3 is 0 Å². The molecule has 4 rings (SSSR count). The van der Waals surface area contributed by atoms with Crippen LogP contribution < -0.4 is 5.56 Å². The third-order valence-electron chi connectivity index (χ3n) is 5.26. The zero-order valence-electron chi connectivity index (χ0n) is 16.3. The number of nitrogens with one attached hydrogen (secondary N) is 1. The van der Waals surface area contributed by atoms with Crippen LogP contribution in [0.4, 0.5) is 4.39 Å². The average Bonchev–Trinajstić information content (AvgIpc) is 3.21. The van der Waals surface area contributed by atoms with Gasteiger partial charge in [0.2, 0.25) is 0 Å². The number of carbonyl (C=O) groups is 1. The Kier molecular flexibility index (Phi) is 5.45. The molecule has 150 valence electrons. The Morgan fingerprint density at radius 3 is 2.72 bits per heavy atom. The fourth-order valence-electron chi connectivity index (χ4n) is 3.72. The summed E-state index contributed by atoms with van der Waals surface area (Å²) in [4.78, 5) is 30.2. The normalized spacial score (nSPS) is 16.3. The second-order valence-electron chi connectivity index (χ2n) is 7.54. The Hall–Kier alpha value is -2.99. The highest BCUT2D eigenvalue weighted by Crippen LogP contribution is 2.19. The van der Waals surface area contributed by atoms with E-state index in [1.165, 1.54) is 24.3 Å². The van der Waals surface area contributed by atoms with Gasteiger partial charge in [-0.1, -0.05) is 11.6 Å². The average molecular weight is 394 g/mol. The Bertz CT molecular complexity index is 1090. The van der Waals surface area contributed by atoms with Gasteiger partial charge in [0.05, 0.1) is 12.6 Å². The zero-order valence-corrected chi connectivity index (χ0v) is 16.3. The van der Waals surface area contributed by atoms with E-state index in [0.29, 0.717) is 24.3 Å². The van der Waals surface area contributed by atoms with Gasteiger partial charge < -0.3 is 14.6 Å². The minimum absolute atomic E-state index is 0.0545. The molecule has 6 heteroatoms. The third-order valence-corrected chi connectivity index (χ3v) is 5.26. The zero-order chi connectivity index (χ0) is 20.4. The number of carbonyl (C=O) groups excluding carboxylic acids is 1. The van der Waals surface area contributed by atoms with E-state index in [4.69, 9.17) is 4.74 Å². The topological polar surface area (TPSA) is 62.4 Å². The molecule has 1 amide bonds. The first kappa shape index (κ1) is 19.3. The van der Waals surface area contributed by atoms with E-state index >= 15 is 0 Å². The number of nitrogens with zero attached hydrogens (tertiary/aromatic N) is 1. The van der Waals surface area contributed by atoms with Crippen LogP contribution in [-0.2, 0) is 11.3 Å². The van der Waals surface area contributed by atoms with Gasteiger partial charge in [-0.15, -0.1) is 0 Å². The number of amides is 1. The molecule has 1 aliphatic rings. The quantitative estimate of drug-likeness (QED) is 0.716. The van der Waals surface area contributed by atoms with Crippen molar-refractivity contribution in [1.29, 1.82) is 0 Å². The van der Waals surface area contributed by atoms with Crippen LogP contribution in [0.3, 0.4) is 0 Å². The minimum atomic E-state index is -0.395. The van der Waals surface area contributed by atoms with Gasteiger partial charge in [0.1, 0.15) is 5.82 Å². The Morgan fingerprint density at radius 1 is 1.21 bits per heavy atom. The minimum Gasteiger partial charge on any atom is -0.376 e. The van der Waals surface area contributed by atoms with Gasteiger partial charge in [0.15, 0.2) is 0 Å². The van der Waals surface area contributed by atoms with Crippen molar-refractivity contribution in [3.8, 4) is 0 Å². The predicted molar refractivity (Wildman–Crippen MR) is 109 cm³/mol. The maximum Gasteiger partial charge on any atom is 0.254 e. The van der Waals surface area contributed by atoms with E-state index in [2.05, 4.69) is 4.98 Å². The van der Waals surface area contributed by atoms with Crippen LogP contribution in [-0.4, -0.2) is 35.0 Å². The summed E-state index contributed by atoms with van der Waals surface area (Å²) in [6.07, 6.45) is 1.78. The first-order chi connectivity index (χ1) is 14.0. The lowest BCUT2D eigenvalue weighted by Crippen LogP contribution is -2.38. The van der Waals surface area contributed by atoms with E-state index in [0.717, 1.165) is 29.3 Å². The van der Waals surface area contributed by atoms with Gasteiger partial charge in [-0.25, -0.2) is 4.39 Å². The number of fused-ring (bicyclic) bond motifs is 1. The molecule has 5 nitrogen and oxygen atoms in total. The maximum atomic E-state index is 13.3. The molecule has 0 aliphatic carbocycles. The second kappa shape index (κ2) is 8.17. The van der Waals surface area contributed by atoms with Crippen molar-refractivity contribution in [2.45, 2.75) is 32.4 Å². The molecule has 2 aromatic carbocycles. The highest BCUT2D eigenvalue weighted by molar-refractivity contribution is 5.94. The van der Waals surface area contributed by atoms with Crippen molar-refractivity contribution < 1.29 is 13.9 Å². The van der Waals surface area contributed by atoms with Crippen LogP contribution in [0, 0.1) is 12.7 Å². The first-order valence-electron chi connectivity index (χ1n) is 9.78. The van der Waals surface area contributed by atoms with Crippen LogP contribution in [0.5, 0.6) is 0 Å². The summed E-state index contributed by atoms with van der Waals surface area (Å²) >= 11 is 0. The number of H-pyrrole nitrogens is 1. The molecule has 0 bridgehead atoms. The number of pyridine rings is 1. The van der Waals surface area contributed by atoms with E-state index in [9.17, 15) is 14.0 Å².